The van der Waals surface area contributed by atoms with Crippen LogP contribution in [0.5, 0.6) is 0 Å². The van der Waals surface area contributed by atoms with Crippen molar-refractivity contribution in [3.8, 4) is 0 Å². The number of amides is 2. The van der Waals surface area contributed by atoms with E-state index in [2.05, 4.69) is 70.5 Å². The van der Waals surface area contributed by atoms with Gasteiger partial charge in [0.25, 0.3) is 0 Å². The van der Waals surface area contributed by atoms with E-state index in [1.165, 1.54) is 16.5 Å². The topological polar surface area (TPSA) is 123 Å². The molecule has 0 aliphatic carbocycles. The standard InChI is InChI=1S/C37H44N6O2/c1-26(44)41-35(24-27-18-19-28-11-8-9-16-31(28)23-27)33-20-22-43(36(45)34(42-33)17-10-21-40-37(38)39)25-32(29-12-4-2-5-13-29)30-14-6-3-7-15-30/h2-9,11-16,18-19,23,32-35,42H,10,17,20-22,24-25H2,1H3,(H,41,44)(H4,38,39,40)/t33-,34+,35+/m1/s1. The molecule has 8 heteroatoms. The Morgan fingerprint density at radius 3 is 2.24 bits per heavy atom. The highest BCUT2D eigenvalue weighted by Gasteiger charge is 2.35. The van der Waals surface area contributed by atoms with Crippen molar-refractivity contribution in [1.29, 1.82) is 5.41 Å². The number of carbonyl (C=O) groups is 2. The van der Waals surface area contributed by atoms with Crippen molar-refractivity contribution >= 4 is 28.5 Å². The second-order valence-corrected chi connectivity index (χ2v) is 11.9. The second kappa shape index (κ2) is 15.3. The van der Waals surface area contributed by atoms with Crippen LogP contribution in [0, 0.1) is 5.41 Å². The zero-order valence-electron chi connectivity index (χ0n) is 25.9. The van der Waals surface area contributed by atoms with Crippen LogP contribution in [0.25, 0.3) is 10.8 Å². The summed E-state index contributed by atoms with van der Waals surface area (Å²) < 4.78 is 0. The maximum Gasteiger partial charge on any atom is 0.239 e. The van der Waals surface area contributed by atoms with Crippen molar-refractivity contribution in [3.63, 3.8) is 0 Å². The molecule has 0 saturated carbocycles. The average Bonchev–Trinajstić information content (AvgIpc) is 3.20. The number of nitrogens with one attached hydrogen (secondary N) is 4. The van der Waals surface area contributed by atoms with Gasteiger partial charge in [0.2, 0.25) is 11.8 Å². The van der Waals surface area contributed by atoms with Crippen molar-refractivity contribution in [3.05, 3.63) is 120 Å². The minimum atomic E-state index is -0.439. The third-order valence-electron chi connectivity index (χ3n) is 8.67. The molecule has 1 aliphatic heterocycles. The van der Waals surface area contributed by atoms with Crippen LogP contribution in [0.15, 0.2) is 103 Å². The predicted octanol–water partition coefficient (Wildman–Crippen LogP) is 4.54. The highest BCUT2D eigenvalue weighted by molar-refractivity contribution is 5.83. The zero-order valence-corrected chi connectivity index (χ0v) is 25.9. The third-order valence-corrected chi connectivity index (χ3v) is 8.67. The van der Waals surface area contributed by atoms with Crippen LogP contribution in [-0.4, -0.2) is 60.4 Å². The van der Waals surface area contributed by atoms with E-state index in [1.807, 2.05) is 53.4 Å². The Morgan fingerprint density at radius 2 is 1.60 bits per heavy atom. The van der Waals surface area contributed by atoms with E-state index in [4.69, 9.17) is 11.1 Å². The molecular weight excluding hydrogens is 560 g/mol. The predicted molar refractivity (Wildman–Crippen MR) is 181 cm³/mol. The maximum atomic E-state index is 14.3. The first-order valence-corrected chi connectivity index (χ1v) is 15.8. The summed E-state index contributed by atoms with van der Waals surface area (Å²) in [7, 11) is 0. The molecule has 0 aromatic heterocycles. The lowest BCUT2D eigenvalue weighted by molar-refractivity contribution is -0.133. The van der Waals surface area contributed by atoms with Gasteiger partial charge in [-0.3, -0.25) is 15.0 Å². The molecule has 0 unspecified atom stereocenters. The van der Waals surface area contributed by atoms with E-state index < -0.39 is 6.04 Å². The van der Waals surface area contributed by atoms with Gasteiger partial charge in [0.15, 0.2) is 5.96 Å². The first kappa shape index (κ1) is 31.7. The number of rotatable bonds is 12. The first-order chi connectivity index (χ1) is 21.9. The van der Waals surface area contributed by atoms with E-state index in [9.17, 15) is 9.59 Å². The molecule has 2 amide bonds. The van der Waals surface area contributed by atoms with Gasteiger partial charge in [0, 0.05) is 44.6 Å². The van der Waals surface area contributed by atoms with Crippen molar-refractivity contribution in [2.45, 2.75) is 56.7 Å². The van der Waals surface area contributed by atoms with E-state index in [1.54, 1.807) is 6.92 Å². The summed E-state index contributed by atoms with van der Waals surface area (Å²) in [4.78, 5) is 28.7. The van der Waals surface area contributed by atoms with Crippen LogP contribution in [0.3, 0.4) is 0 Å². The summed E-state index contributed by atoms with van der Waals surface area (Å²) in [6, 6.07) is 34.7. The monoisotopic (exact) mass is 604 g/mol. The number of fused-ring (bicyclic) bond motifs is 1. The molecule has 0 bridgehead atoms. The van der Waals surface area contributed by atoms with Crippen LogP contribution >= 0.6 is 0 Å². The fourth-order valence-electron chi connectivity index (χ4n) is 6.44. The van der Waals surface area contributed by atoms with Gasteiger partial charge >= 0.3 is 0 Å². The van der Waals surface area contributed by atoms with Crippen molar-refractivity contribution in [2.75, 3.05) is 19.6 Å². The van der Waals surface area contributed by atoms with Gasteiger partial charge in [-0.05, 0) is 53.1 Å². The SMILES string of the molecule is CC(=O)N[C@@H](Cc1ccc2ccccc2c1)[C@H]1CCN(CC(c2ccccc2)c2ccccc2)C(=O)[C@H](CCCNC(=N)N)N1. The van der Waals surface area contributed by atoms with Gasteiger partial charge in [-0.15, -0.1) is 0 Å². The summed E-state index contributed by atoms with van der Waals surface area (Å²) in [6.45, 7) is 3.19. The van der Waals surface area contributed by atoms with E-state index >= 15 is 0 Å². The van der Waals surface area contributed by atoms with Gasteiger partial charge in [-0.1, -0.05) is 103 Å². The molecule has 5 rings (SSSR count). The Bertz CT molecular complexity index is 1540. The quantitative estimate of drug-likeness (QED) is 0.0923. The summed E-state index contributed by atoms with van der Waals surface area (Å²) in [5, 5.41) is 19.6. The van der Waals surface area contributed by atoms with Crippen molar-refractivity contribution < 1.29 is 9.59 Å². The minimum Gasteiger partial charge on any atom is -0.370 e. The molecule has 234 valence electrons. The Balaban J connectivity index is 1.41. The largest absolute Gasteiger partial charge is 0.370 e. The fraction of sp³-hybridized carbons (Fsp3) is 0.324. The molecule has 1 heterocycles. The van der Waals surface area contributed by atoms with E-state index in [0.717, 1.165) is 10.9 Å². The molecule has 1 aliphatic rings. The smallest absolute Gasteiger partial charge is 0.239 e. The zero-order chi connectivity index (χ0) is 31.6. The normalized spacial score (nSPS) is 17.6. The number of nitrogens with zero attached hydrogens (tertiary/aromatic N) is 1. The molecule has 0 spiro atoms. The summed E-state index contributed by atoms with van der Waals surface area (Å²) in [6.07, 6.45) is 2.59. The van der Waals surface area contributed by atoms with Crippen molar-refractivity contribution in [1.82, 2.24) is 20.9 Å². The highest BCUT2D eigenvalue weighted by Crippen LogP contribution is 2.28. The lowest BCUT2D eigenvalue weighted by Crippen LogP contribution is -2.54. The highest BCUT2D eigenvalue weighted by atomic mass is 16.2. The van der Waals surface area contributed by atoms with E-state index in [-0.39, 0.29) is 35.8 Å². The lowest BCUT2D eigenvalue weighted by Gasteiger charge is -2.30. The van der Waals surface area contributed by atoms with Gasteiger partial charge in [0.1, 0.15) is 0 Å². The Hall–Kier alpha value is -4.69. The van der Waals surface area contributed by atoms with Crippen LogP contribution in [-0.2, 0) is 16.0 Å². The molecule has 1 saturated heterocycles. The van der Waals surface area contributed by atoms with E-state index in [0.29, 0.717) is 45.3 Å². The number of carbonyl (C=O) groups excluding carboxylic acids is 2. The number of hydrogen-bond acceptors (Lipinski definition) is 4. The van der Waals surface area contributed by atoms with Crippen LogP contribution in [0.2, 0.25) is 0 Å². The van der Waals surface area contributed by atoms with Gasteiger partial charge < -0.3 is 26.6 Å². The summed E-state index contributed by atoms with van der Waals surface area (Å²) >= 11 is 0. The molecular formula is C37H44N6O2. The fourth-order valence-corrected chi connectivity index (χ4v) is 6.44. The molecule has 45 heavy (non-hydrogen) atoms. The molecule has 1 fully saturated rings. The molecule has 3 atom stereocenters. The number of benzene rings is 4. The van der Waals surface area contributed by atoms with Crippen LogP contribution in [0.1, 0.15) is 48.8 Å². The molecule has 0 radical (unpaired) electrons. The Labute approximate surface area is 265 Å². The number of nitrogens with two attached hydrogens (primary N) is 1. The molecule has 8 nitrogen and oxygen atoms in total. The maximum absolute atomic E-state index is 14.3. The molecule has 6 N–H and O–H groups in total. The Morgan fingerprint density at radius 1 is 0.956 bits per heavy atom. The number of hydrogen-bond donors (Lipinski definition) is 5. The Kier molecular flexibility index (Phi) is 10.8. The molecule has 4 aromatic carbocycles. The summed E-state index contributed by atoms with van der Waals surface area (Å²) in [5.74, 6) is -0.0871. The lowest BCUT2D eigenvalue weighted by atomic mass is 9.90. The van der Waals surface area contributed by atoms with Crippen LogP contribution in [0.4, 0.5) is 0 Å². The third kappa shape index (κ3) is 8.70. The average molecular weight is 605 g/mol. The minimum absolute atomic E-state index is 0.0247. The summed E-state index contributed by atoms with van der Waals surface area (Å²) in [5.41, 5.74) is 8.98. The second-order valence-electron chi connectivity index (χ2n) is 11.9. The van der Waals surface area contributed by atoms with Gasteiger partial charge in [0.05, 0.1) is 6.04 Å². The van der Waals surface area contributed by atoms with Gasteiger partial charge in [-0.25, -0.2) is 0 Å². The first-order valence-electron chi connectivity index (χ1n) is 15.8. The number of guanidine groups is 1. The van der Waals surface area contributed by atoms with Gasteiger partial charge in [-0.2, -0.15) is 0 Å². The van der Waals surface area contributed by atoms with Crippen LogP contribution < -0.4 is 21.7 Å². The molecule has 4 aromatic rings. The van der Waals surface area contributed by atoms with Crippen molar-refractivity contribution in [2.24, 2.45) is 5.73 Å².